The van der Waals surface area contributed by atoms with E-state index < -0.39 is 0 Å². The van der Waals surface area contributed by atoms with E-state index in [1.165, 1.54) is 12.8 Å². The highest BCUT2D eigenvalue weighted by Gasteiger charge is 2.19. The number of rotatable bonds is 3. The first-order valence-corrected chi connectivity index (χ1v) is 6.85. The SMILES string of the molecule is COc1ccc(C(=O)OC2CCCCCC2)c(N)c1. The van der Waals surface area contributed by atoms with Crippen LogP contribution in [-0.4, -0.2) is 19.2 Å². The maximum atomic E-state index is 12.1. The Kier molecular flexibility index (Phi) is 4.66. The van der Waals surface area contributed by atoms with Crippen LogP contribution in [0, 0.1) is 0 Å². The van der Waals surface area contributed by atoms with E-state index in [0.29, 0.717) is 17.0 Å². The van der Waals surface area contributed by atoms with E-state index >= 15 is 0 Å². The zero-order chi connectivity index (χ0) is 13.7. The summed E-state index contributed by atoms with van der Waals surface area (Å²) < 4.78 is 10.6. The van der Waals surface area contributed by atoms with E-state index in [1.54, 1.807) is 25.3 Å². The molecule has 1 fully saturated rings. The summed E-state index contributed by atoms with van der Waals surface area (Å²) in [6.45, 7) is 0. The molecule has 0 amide bonds. The van der Waals surface area contributed by atoms with Gasteiger partial charge in [0.15, 0.2) is 0 Å². The number of ether oxygens (including phenoxy) is 2. The summed E-state index contributed by atoms with van der Waals surface area (Å²) in [6, 6.07) is 5.02. The molecule has 4 nitrogen and oxygen atoms in total. The summed E-state index contributed by atoms with van der Waals surface area (Å²) in [5, 5.41) is 0. The number of benzene rings is 1. The summed E-state index contributed by atoms with van der Waals surface area (Å²) >= 11 is 0. The molecule has 0 aromatic heterocycles. The van der Waals surface area contributed by atoms with Gasteiger partial charge in [0.25, 0.3) is 0 Å². The molecule has 2 rings (SSSR count). The Morgan fingerprint density at radius 1 is 1.21 bits per heavy atom. The minimum atomic E-state index is -0.327. The normalized spacial score (nSPS) is 16.7. The Bertz CT molecular complexity index is 437. The Hall–Kier alpha value is -1.71. The highest BCUT2D eigenvalue weighted by molar-refractivity contribution is 5.95. The second-order valence-electron chi connectivity index (χ2n) is 4.97. The van der Waals surface area contributed by atoms with Crippen molar-refractivity contribution in [2.24, 2.45) is 0 Å². The van der Waals surface area contributed by atoms with Crippen molar-refractivity contribution >= 4 is 11.7 Å². The van der Waals surface area contributed by atoms with Crippen molar-refractivity contribution in [3.8, 4) is 5.75 Å². The molecule has 0 aliphatic heterocycles. The van der Waals surface area contributed by atoms with Crippen molar-refractivity contribution in [3.05, 3.63) is 23.8 Å². The summed E-state index contributed by atoms with van der Waals surface area (Å²) in [5.74, 6) is 0.315. The van der Waals surface area contributed by atoms with Crippen LogP contribution in [-0.2, 0) is 4.74 Å². The van der Waals surface area contributed by atoms with Crippen molar-refractivity contribution < 1.29 is 14.3 Å². The van der Waals surface area contributed by atoms with Crippen LogP contribution in [0.3, 0.4) is 0 Å². The van der Waals surface area contributed by atoms with Crippen LogP contribution in [0.25, 0.3) is 0 Å². The molecular weight excluding hydrogens is 242 g/mol. The zero-order valence-corrected chi connectivity index (χ0v) is 11.4. The fraction of sp³-hybridized carbons (Fsp3) is 0.533. The number of carbonyl (C=O) groups excluding carboxylic acids is 1. The summed E-state index contributed by atoms with van der Waals surface area (Å²) in [6.07, 6.45) is 6.70. The highest BCUT2D eigenvalue weighted by atomic mass is 16.5. The molecule has 0 bridgehead atoms. The van der Waals surface area contributed by atoms with Gasteiger partial charge in [0.05, 0.1) is 12.7 Å². The molecule has 1 aliphatic rings. The number of hydrogen-bond donors (Lipinski definition) is 1. The van der Waals surface area contributed by atoms with E-state index in [4.69, 9.17) is 15.2 Å². The van der Waals surface area contributed by atoms with Crippen molar-refractivity contribution in [2.75, 3.05) is 12.8 Å². The van der Waals surface area contributed by atoms with Crippen molar-refractivity contribution in [1.82, 2.24) is 0 Å². The zero-order valence-electron chi connectivity index (χ0n) is 11.4. The van der Waals surface area contributed by atoms with Crippen molar-refractivity contribution in [2.45, 2.75) is 44.6 Å². The van der Waals surface area contributed by atoms with Gasteiger partial charge in [-0.15, -0.1) is 0 Å². The van der Waals surface area contributed by atoms with Crippen LogP contribution in [0.15, 0.2) is 18.2 Å². The predicted octanol–water partition coefficient (Wildman–Crippen LogP) is 3.16. The van der Waals surface area contributed by atoms with Gasteiger partial charge in [-0.05, 0) is 37.8 Å². The van der Waals surface area contributed by atoms with E-state index in [-0.39, 0.29) is 12.1 Å². The monoisotopic (exact) mass is 263 g/mol. The molecule has 0 atom stereocenters. The second-order valence-corrected chi connectivity index (χ2v) is 4.97. The van der Waals surface area contributed by atoms with Crippen LogP contribution in [0.5, 0.6) is 5.75 Å². The van der Waals surface area contributed by atoms with Crippen LogP contribution in [0.2, 0.25) is 0 Å². The molecule has 104 valence electrons. The average molecular weight is 263 g/mol. The van der Waals surface area contributed by atoms with Gasteiger partial charge in [0, 0.05) is 11.8 Å². The maximum Gasteiger partial charge on any atom is 0.340 e. The second kappa shape index (κ2) is 6.45. The fourth-order valence-corrected chi connectivity index (χ4v) is 2.43. The Morgan fingerprint density at radius 2 is 1.89 bits per heavy atom. The molecule has 1 aliphatic carbocycles. The lowest BCUT2D eigenvalue weighted by Crippen LogP contribution is -2.18. The van der Waals surface area contributed by atoms with E-state index in [9.17, 15) is 4.79 Å². The van der Waals surface area contributed by atoms with Crippen LogP contribution in [0.4, 0.5) is 5.69 Å². The van der Waals surface area contributed by atoms with Gasteiger partial charge < -0.3 is 15.2 Å². The molecule has 1 saturated carbocycles. The number of nitrogen functional groups attached to an aromatic ring is 1. The lowest BCUT2D eigenvalue weighted by atomic mass is 10.1. The number of nitrogens with two attached hydrogens (primary N) is 1. The van der Waals surface area contributed by atoms with Crippen molar-refractivity contribution in [1.29, 1.82) is 0 Å². The number of carbonyl (C=O) groups is 1. The Balaban J connectivity index is 2.02. The molecule has 4 heteroatoms. The van der Waals surface area contributed by atoms with Gasteiger partial charge in [-0.3, -0.25) is 0 Å². The maximum absolute atomic E-state index is 12.1. The van der Waals surface area contributed by atoms with Crippen LogP contribution in [0.1, 0.15) is 48.9 Å². The number of esters is 1. The minimum Gasteiger partial charge on any atom is -0.497 e. The van der Waals surface area contributed by atoms with E-state index in [1.807, 2.05) is 0 Å². The van der Waals surface area contributed by atoms with E-state index in [2.05, 4.69) is 0 Å². The lowest BCUT2D eigenvalue weighted by molar-refractivity contribution is 0.0268. The molecule has 0 unspecified atom stereocenters. The lowest BCUT2D eigenvalue weighted by Gasteiger charge is -2.16. The number of anilines is 1. The summed E-state index contributed by atoms with van der Waals surface area (Å²) in [4.78, 5) is 12.1. The highest BCUT2D eigenvalue weighted by Crippen LogP contribution is 2.24. The third-order valence-corrected chi connectivity index (χ3v) is 3.55. The molecule has 2 N–H and O–H groups in total. The first-order valence-electron chi connectivity index (χ1n) is 6.85. The Labute approximate surface area is 113 Å². The third kappa shape index (κ3) is 3.63. The molecule has 0 saturated heterocycles. The summed E-state index contributed by atoms with van der Waals surface area (Å²) in [7, 11) is 1.57. The van der Waals surface area contributed by atoms with Crippen LogP contribution < -0.4 is 10.5 Å². The van der Waals surface area contributed by atoms with Gasteiger partial charge in [-0.1, -0.05) is 12.8 Å². The van der Waals surface area contributed by atoms with Gasteiger partial charge in [-0.2, -0.15) is 0 Å². The first kappa shape index (κ1) is 13.7. The van der Waals surface area contributed by atoms with E-state index in [0.717, 1.165) is 25.7 Å². The third-order valence-electron chi connectivity index (χ3n) is 3.55. The van der Waals surface area contributed by atoms with Crippen molar-refractivity contribution in [3.63, 3.8) is 0 Å². The molecule has 19 heavy (non-hydrogen) atoms. The summed E-state index contributed by atoms with van der Waals surface area (Å²) in [5.41, 5.74) is 6.68. The molecular formula is C15H21NO3. The standard InChI is InChI=1S/C15H21NO3/c1-18-12-8-9-13(14(16)10-12)15(17)19-11-6-4-2-3-5-7-11/h8-11H,2-7,16H2,1H3. The molecule has 0 heterocycles. The quantitative estimate of drug-likeness (QED) is 0.517. The molecule has 0 radical (unpaired) electrons. The minimum absolute atomic E-state index is 0.0384. The predicted molar refractivity (Wildman–Crippen MR) is 74.3 cm³/mol. The molecule has 1 aromatic carbocycles. The number of methoxy groups -OCH3 is 1. The first-order chi connectivity index (χ1) is 9.20. The topological polar surface area (TPSA) is 61.5 Å². The van der Waals surface area contributed by atoms with Gasteiger partial charge in [0.1, 0.15) is 11.9 Å². The van der Waals surface area contributed by atoms with Gasteiger partial charge >= 0.3 is 5.97 Å². The fourth-order valence-electron chi connectivity index (χ4n) is 2.43. The molecule has 1 aromatic rings. The number of hydrogen-bond acceptors (Lipinski definition) is 4. The Morgan fingerprint density at radius 3 is 2.47 bits per heavy atom. The smallest absolute Gasteiger partial charge is 0.340 e. The van der Waals surface area contributed by atoms with Crippen LogP contribution >= 0.6 is 0 Å². The van der Waals surface area contributed by atoms with Gasteiger partial charge in [-0.25, -0.2) is 4.79 Å². The largest absolute Gasteiger partial charge is 0.497 e. The average Bonchev–Trinajstić information content (AvgIpc) is 2.67. The van der Waals surface area contributed by atoms with Gasteiger partial charge in [0.2, 0.25) is 0 Å². The molecule has 0 spiro atoms.